The van der Waals surface area contributed by atoms with Gasteiger partial charge in [0.1, 0.15) is 5.75 Å². The molecule has 5 heteroatoms. The van der Waals surface area contributed by atoms with Crippen LogP contribution in [0.15, 0.2) is 18.2 Å². The summed E-state index contributed by atoms with van der Waals surface area (Å²) in [4.78, 5) is 11.2. The van der Waals surface area contributed by atoms with Crippen LogP contribution in [0.4, 0.5) is 0 Å². The van der Waals surface area contributed by atoms with Gasteiger partial charge in [-0.05, 0) is 116 Å². The summed E-state index contributed by atoms with van der Waals surface area (Å²) in [6.45, 7) is 16.1. The summed E-state index contributed by atoms with van der Waals surface area (Å²) in [5, 5.41) is 14.9. The van der Waals surface area contributed by atoms with Crippen LogP contribution >= 0.6 is 0 Å². The van der Waals surface area contributed by atoms with Crippen LogP contribution in [0.25, 0.3) is 0 Å². The molecule has 0 aromatic heterocycles. The number of hydrogen-bond donors (Lipinski definition) is 2. The Kier molecular flexibility index (Phi) is 6.78. The molecule has 190 valence electrons. The van der Waals surface area contributed by atoms with Gasteiger partial charge < -0.3 is 14.8 Å². The Hall–Kier alpha value is -1.33. The first-order valence-electron chi connectivity index (χ1n) is 13.6. The van der Waals surface area contributed by atoms with E-state index in [-0.39, 0.29) is 16.4 Å². The van der Waals surface area contributed by atoms with E-state index in [9.17, 15) is 9.90 Å². The van der Waals surface area contributed by atoms with Gasteiger partial charge in [0.05, 0.1) is 5.60 Å². The number of carbonyl (C=O) groups excluding carboxylic acids is 1. The molecule has 0 aliphatic heterocycles. The van der Waals surface area contributed by atoms with Crippen molar-refractivity contribution in [3.8, 4) is 5.75 Å². The smallest absolute Gasteiger partial charge is 0.250 e. The zero-order chi connectivity index (χ0) is 24.9. The second-order valence-corrected chi connectivity index (χ2v) is 18.0. The zero-order valence-corrected chi connectivity index (χ0v) is 23.6. The Morgan fingerprint density at radius 1 is 1.21 bits per heavy atom. The maximum atomic E-state index is 11.8. The Labute approximate surface area is 208 Å². The maximum Gasteiger partial charge on any atom is 0.250 e. The number of carbonyl (C=O) groups is 1. The molecule has 4 rings (SSSR count). The van der Waals surface area contributed by atoms with E-state index in [4.69, 9.17) is 4.43 Å². The van der Waals surface area contributed by atoms with Crippen LogP contribution in [-0.2, 0) is 11.2 Å². The summed E-state index contributed by atoms with van der Waals surface area (Å²) in [5.41, 5.74) is 2.43. The first-order chi connectivity index (χ1) is 15.8. The molecule has 4 nitrogen and oxygen atoms in total. The molecule has 0 unspecified atom stereocenters. The van der Waals surface area contributed by atoms with Crippen LogP contribution in [0, 0.1) is 17.3 Å². The van der Waals surface area contributed by atoms with Gasteiger partial charge in [-0.25, -0.2) is 0 Å². The van der Waals surface area contributed by atoms with Crippen LogP contribution in [0.3, 0.4) is 0 Å². The summed E-state index contributed by atoms with van der Waals surface area (Å²) in [6.07, 6.45) is 8.30. The van der Waals surface area contributed by atoms with Crippen molar-refractivity contribution in [1.82, 2.24) is 5.32 Å². The highest BCUT2D eigenvalue weighted by Gasteiger charge is 2.61. The van der Waals surface area contributed by atoms with Crippen molar-refractivity contribution < 1.29 is 14.3 Å². The van der Waals surface area contributed by atoms with E-state index in [0.717, 1.165) is 44.3 Å². The van der Waals surface area contributed by atoms with Gasteiger partial charge in [0.15, 0.2) is 0 Å². The highest BCUT2D eigenvalue weighted by molar-refractivity contribution is 6.74. The molecular weight excluding hydrogens is 438 g/mol. The molecule has 2 saturated carbocycles. The molecule has 0 radical (unpaired) electrons. The van der Waals surface area contributed by atoms with E-state index in [0.29, 0.717) is 24.3 Å². The van der Waals surface area contributed by atoms with Gasteiger partial charge in [0.2, 0.25) is 14.2 Å². The van der Waals surface area contributed by atoms with E-state index in [1.165, 1.54) is 18.4 Å². The van der Waals surface area contributed by atoms with Gasteiger partial charge in [0.25, 0.3) is 0 Å². The molecule has 2 N–H and O–H groups in total. The van der Waals surface area contributed by atoms with E-state index in [2.05, 4.69) is 64.3 Å². The molecular formula is C29H47NO3Si. The third kappa shape index (κ3) is 4.47. The van der Waals surface area contributed by atoms with Crippen LogP contribution < -0.4 is 9.74 Å². The Morgan fingerprint density at radius 3 is 2.62 bits per heavy atom. The van der Waals surface area contributed by atoms with Gasteiger partial charge in [-0.15, -0.1) is 0 Å². The molecule has 0 saturated heterocycles. The van der Waals surface area contributed by atoms with Gasteiger partial charge in [-0.3, -0.25) is 4.79 Å². The number of aliphatic hydroxyl groups is 1. The molecule has 34 heavy (non-hydrogen) atoms. The molecule has 1 aromatic carbocycles. The summed E-state index contributed by atoms with van der Waals surface area (Å²) < 4.78 is 6.62. The number of nitrogens with one attached hydrogen (secondary N) is 1. The van der Waals surface area contributed by atoms with Crippen molar-refractivity contribution >= 4 is 14.2 Å². The molecule has 0 bridgehead atoms. The first kappa shape index (κ1) is 25.8. The summed E-state index contributed by atoms with van der Waals surface area (Å²) in [7, 11) is -1.84. The molecule has 0 spiro atoms. The molecule has 0 heterocycles. The van der Waals surface area contributed by atoms with Crippen LogP contribution in [0.1, 0.15) is 96.6 Å². The van der Waals surface area contributed by atoms with Crippen molar-refractivity contribution in [2.75, 3.05) is 6.54 Å². The molecule has 1 aromatic rings. The summed E-state index contributed by atoms with van der Waals surface area (Å²) >= 11 is 0. The highest BCUT2D eigenvalue weighted by atomic mass is 28.4. The fraction of sp³-hybridized carbons (Fsp3) is 0.759. The van der Waals surface area contributed by atoms with Crippen molar-refractivity contribution in [1.29, 1.82) is 0 Å². The molecule has 1 amide bonds. The third-order valence-corrected chi connectivity index (χ3v) is 14.7. The predicted molar refractivity (Wildman–Crippen MR) is 142 cm³/mol. The van der Waals surface area contributed by atoms with Crippen LogP contribution in [0.2, 0.25) is 18.1 Å². The lowest BCUT2D eigenvalue weighted by Crippen LogP contribution is -2.51. The van der Waals surface area contributed by atoms with E-state index in [1.807, 2.05) is 0 Å². The normalized spacial score (nSPS) is 33.0. The van der Waals surface area contributed by atoms with Crippen LogP contribution in [-0.4, -0.2) is 31.5 Å². The summed E-state index contributed by atoms with van der Waals surface area (Å²) in [6, 6.07) is 6.93. The van der Waals surface area contributed by atoms with Crippen molar-refractivity contribution in [2.24, 2.45) is 17.3 Å². The molecule has 5 atom stereocenters. The number of hydrogen-bond acceptors (Lipinski definition) is 3. The SMILES string of the molecule is CC(=O)NCCC[C@]1(O)CC[C@H]2[C@@H]3CCc4cc(O[Si](C)(C)C(C)(C)C)ccc4[C@H]3CC[C@@]21C. The topological polar surface area (TPSA) is 58.6 Å². The van der Waals surface area contributed by atoms with E-state index < -0.39 is 13.9 Å². The van der Waals surface area contributed by atoms with Crippen LogP contribution in [0.5, 0.6) is 5.75 Å². The van der Waals surface area contributed by atoms with Gasteiger partial charge in [-0.1, -0.05) is 33.8 Å². The molecule has 3 aliphatic rings. The largest absolute Gasteiger partial charge is 0.543 e. The second kappa shape index (κ2) is 8.96. The minimum absolute atomic E-state index is 0.00667. The van der Waals surface area contributed by atoms with Gasteiger partial charge in [-0.2, -0.15) is 0 Å². The van der Waals surface area contributed by atoms with Crippen molar-refractivity contribution in [2.45, 2.75) is 116 Å². The Morgan fingerprint density at radius 2 is 1.94 bits per heavy atom. The molecule has 2 fully saturated rings. The van der Waals surface area contributed by atoms with Crippen molar-refractivity contribution in [3.05, 3.63) is 29.3 Å². The van der Waals surface area contributed by atoms with Crippen molar-refractivity contribution in [3.63, 3.8) is 0 Å². The van der Waals surface area contributed by atoms with E-state index in [1.54, 1.807) is 12.5 Å². The highest BCUT2D eigenvalue weighted by Crippen LogP contribution is 2.65. The lowest BCUT2D eigenvalue weighted by Gasteiger charge is -2.53. The minimum Gasteiger partial charge on any atom is -0.543 e. The average Bonchev–Trinajstić information content (AvgIpc) is 3.01. The molecule has 3 aliphatic carbocycles. The quantitative estimate of drug-likeness (QED) is 0.354. The van der Waals surface area contributed by atoms with Gasteiger partial charge >= 0.3 is 0 Å². The number of aryl methyl sites for hydroxylation is 1. The number of benzene rings is 1. The predicted octanol–water partition coefficient (Wildman–Crippen LogP) is 6.57. The second-order valence-electron chi connectivity index (χ2n) is 13.3. The number of amides is 1. The fourth-order valence-corrected chi connectivity index (χ4v) is 8.26. The number of rotatable bonds is 6. The minimum atomic E-state index is -1.84. The lowest BCUT2D eigenvalue weighted by atomic mass is 9.53. The number of fused-ring (bicyclic) bond motifs is 5. The first-order valence-corrected chi connectivity index (χ1v) is 16.5. The maximum absolute atomic E-state index is 11.8. The monoisotopic (exact) mass is 485 g/mol. The zero-order valence-electron chi connectivity index (χ0n) is 22.6. The third-order valence-electron chi connectivity index (χ3n) is 10.3. The Bertz CT molecular complexity index is 922. The summed E-state index contributed by atoms with van der Waals surface area (Å²) in [5.74, 6) is 2.95. The fourth-order valence-electron chi connectivity index (χ4n) is 7.24. The average molecular weight is 486 g/mol. The Balaban J connectivity index is 1.49. The standard InChI is InChI=1S/C29H47NO3Si/c1-20(31)30-18-8-15-29(32)17-14-26-25-11-9-21-19-22(33-34(6,7)27(2,3)4)10-12-23(21)24(25)13-16-28(26,29)5/h10,12,19,24-26,32H,8-9,11,13-18H2,1-7H3,(H,30,31)/t24-,25-,26+,28+,29+/m1/s1. The van der Waals surface area contributed by atoms with Gasteiger partial charge in [0, 0.05) is 13.5 Å². The van der Waals surface area contributed by atoms with E-state index >= 15 is 0 Å². The lowest BCUT2D eigenvalue weighted by molar-refractivity contribution is -0.119.